The van der Waals surface area contributed by atoms with Crippen LogP contribution in [-0.2, 0) is 37.3 Å². The Morgan fingerprint density at radius 2 is 1.14 bits per heavy atom. The number of aromatic nitrogens is 4. The molecule has 4 heterocycles. The fourth-order valence-corrected chi connectivity index (χ4v) is 17.0. The zero-order valence-corrected chi connectivity index (χ0v) is 49.7. The van der Waals surface area contributed by atoms with E-state index in [1.54, 1.807) is 5.19 Å². The Hall–Kier alpha value is -7.11. The molecule has 7 heteroatoms. The maximum atomic E-state index is 6.77. The maximum absolute atomic E-state index is 6.77. The zero-order valence-electron chi connectivity index (χ0n) is 46.4. The maximum Gasteiger partial charge on any atom is 0.268 e. The third-order valence-corrected chi connectivity index (χ3v) is 21.4. The van der Waals surface area contributed by atoms with E-state index in [2.05, 4.69) is 258 Å². The minimum Gasteiger partial charge on any atom is -0.510 e. The number of benzene rings is 8. The van der Waals surface area contributed by atoms with Gasteiger partial charge in [-0.05, 0) is 96.6 Å². The van der Waals surface area contributed by atoms with Crippen LogP contribution < -0.4 is 19.7 Å². The van der Waals surface area contributed by atoms with Gasteiger partial charge >= 0.3 is 0 Å². The molecular formula is C71H68N4OPtSi-2. The van der Waals surface area contributed by atoms with Gasteiger partial charge in [-0.2, -0.15) is 18.2 Å². The van der Waals surface area contributed by atoms with Crippen LogP contribution in [-0.4, -0.2) is 22.2 Å². The number of imidazole rings is 1. The summed E-state index contributed by atoms with van der Waals surface area (Å²) in [4.78, 5) is 4.90. The topological polar surface area (TPSA) is 35.9 Å². The third kappa shape index (κ3) is 9.81. The summed E-state index contributed by atoms with van der Waals surface area (Å²) >= 11 is 0. The van der Waals surface area contributed by atoms with Crippen LogP contribution in [0.2, 0.25) is 12.1 Å². The molecule has 5 nitrogen and oxygen atoms in total. The summed E-state index contributed by atoms with van der Waals surface area (Å²) in [7, 11) is -2.04. The zero-order chi connectivity index (χ0) is 53.3. The van der Waals surface area contributed by atoms with E-state index in [-0.39, 0.29) is 37.3 Å². The Bertz CT molecular complexity index is 3980. The average molecular weight is 1220 g/mol. The van der Waals surface area contributed by atoms with Gasteiger partial charge in [0.15, 0.2) is 0 Å². The van der Waals surface area contributed by atoms with Crippen molar-refractivity contribution in [1.82, 2.24) is 14.1 Å². The molecule has 0 saturated carbocycles. The van der Waals surface area contributed by atoms with E-state index in [1.165, 1.54) is 69.9 Å². The molecule has 1 fully saturated rings. The normalized spacial score (nSPS) is 14.0. The van der Waals surface area contributed by atoms with E-state index in [4.69, 9.17) is 9.72 Å². The van der Waals surface area contributed by atoms with Crippen molar-refractivity contribution in [3.05, 3.63) is 223 Å². The monoisotopic (exact) mass is 1220 g/mol. The van der Waals surface area contributed by atoms with E-state index < -0.39 is 8.07 Å². The first kappa shape index (κ1) is 52.9. The molecular weight excluding hydrogens is 1150 g/mol. The molecule has 1 aliphatic rings. The Morgan fingerprint density at radius 1 is 0.513 bits per heavy atom. The molecule has 8 aromatic carbocycles. The molecule has 1 aliphatic heterocycles. The summed E-state index contributed by atoms with van der Waals surface area (Å²) < 4.78 is 13.4. The van der Waals surface area contributed by atoms with Crippen LogP contribution in [0.15, 0.2) is 188 Å². The van der Waals surface area contributed by atoms with Crippen molar-refractivity contribution < 1.29 is 30.4 Å². The van der Waals surface area contributed by atoms with Crippen LogP contribution in [0.5, 0.6) is 11.5 Å². The van der Waals surface area contributed by atoms with Gasteiger partial charge in [0.25, 0.3) is 6.33 Å². The molecule has 394 valence electrons. The molecule has 0 bridgehead atoms. The molecule has 0 spiro atoms. The van der Waals surface area contributed by atoms with Gasteiger partial charge in [0.05, 0.1) is 16.7 Å². The molecule has 0 aliphatic carbocycles. The van der Waals surface area contributed by atoms with Gasteiger partial charge < -0.3 is 13.9 Å². The van der Waals surface area contributed by atoms with Gasteiger partial charge in [-0.15, -0.1) is 29.7 Å². The first-order valence-corrected chi connectivity index (χ1v) is 30.0. The number of nitrogens with zero attached hydrogens (tertiary/aromatic N) is 4. The summed E-state index contributed by atoms with van der Waals surface area (Å²) in [5.41, 5.74) is 14.4. The number of hydrogen-bond donors (Lipinski definition) is 0. The van der Waals surface area contributed by atoms with Gasteiger partial charge in [-0.25, -0.2) is 4.98 Å². The second kappa shape index (κ2) is 20.6. The largest absolute Gasteiger partial charge is 0.510 e. The van der Waals surface area contributed by atoms with Gasteiger partial charge in [-0.1, -0.05) is 231 Å². The molecule has 0 N–H and O–H groups in total. The third-order valence-electron chi connectivity index (χ3n) is 16.2. The fourth-order valence-electron chi connectivity index (χ4n) is 11.9. The summed E-state index contributed by atoms with van der Waals surface area (Å²) in [6, 6.07) is 76.9. The van der Waals surface area contributed by atoms with E-state index in [1.807, 2.05) is 24.4 Å². The first-order chi connectivity index (χ1) is 37.0. The van der Waals surface area contributed by atoms with Crippen molar-refractivity contribution in [3.8, 4) is 50.9 Å². The Kier molecular flexibility index (Phi) is 14.0. The van der Waals surface area contributed by atoms with Crippen LogP contribution in [0.3, 0.4) is 0 Å². The van der Waals surface area contributed by atoms with Gasteiger partial charge in [0.1, 0.15) is 13.9 Å². The van der Waals surface area contributed by atoms with Crippen LogP contribution in [0.25, 0.3) is 72.3 Å². The van der Waals surface area contributed by atoms with Gasteiger partial charge in [0.2, 0.25) is 0 Å². The number of fused-ring (bicyclic) bond motifs is 4. The van der Waals surface area contributed by atoms with Gasteiger partial charge in [-0.3, -0.25) is 4.57 Å². The number of rotatable bonds is 9. The second-order valence-corrected chi connectivity index (χ2v) is 28.8. The molecule has 12 rings (SSSR count). The van der Waals surface area contributed by atoms with Crippen LogP contribution in [0.4, 0.5) is 0 Å². The molecule has 0 unspecified atom stereocenters. The van der Waals surface area contributed by atoms with Crippen molar-refractivity contribution in [2.45, 2.75) is 110 Å². The Balaban J connectivity index is 0.00000645. The first-order valence-electron chi connectivity index (χ1n) is 27.6. The summed E-state index contributed by atoms with van der Waals surface area (Å²) in [5.74, 6) is 2.03. The molecule has 11 aromatic rings. The molecule has 0 amide bonds. The quantitative estimate of drug-likeness (QED) is 0.0820. The molecule has 0 atom stereocenters. The summed E-state index contributed by atoms with van der Waals surface area (Å²) in [6.07, 6.45) is 9.74. The van der Waals surface area contributed by atoms with Gasteiger partial charge in [0, 0.05) is 44.3 Å². The summed E-state index contributed by atoms with van der Waals surface area (Å²) in [5, 5.41) is 5.30. The number of para-hydroxylation sites is 4. The fraction of sp³-hybridized carbons (Fsp3) is 0.239. The number of hydrogen-bond acceptors (Lipinski definition) is 2. The number of pyridine rings is 1. The smallest absolute Gasteiger partial charge is 0.268 e. The van der Waals surface area contributed by atoms with Crippen molar-refractivity contribution in [2.75, 3.05) is 0 Å². The molecule has 3 aromatic heterocycles. The van der Waals surface area contributed by atoms with Crippen LogP contribution in [0.1, 0.15) is 98.3 Å². The van der Waals surface area contributed by atoms with Crippen LogP contribution >= 0.6 is 0 Å². The Morgan fingerprint density at radius 3 is 1.87 bits per heavy atom. The SMILES string of the molecule is CC(C)(C)c1cc(-c2cccc(-c3cccc([Si]4(c5ccccc5)CCCCC4)c3)c2-[n+]2[c-]n(-c3[c-]c(Oc4[c-]c5c(cc4)c4ccccc4n5-c4cc(C(C)(C)C)ccn4)ccc3)c3ccccc32)cc(C(C)(C)C)c1.[Pt]. The predicted molar refractivity (Wildman–Crippen MR) is 322 cm³/mol. The van der Waals surface area contributed by atoms with E-state index >= 15 is 0 Å². The minimum atomic E-state index is -2.04. The van der Waals surface area contributed by atoms with E-state index in [0.717, 1.165) is 55.6 Å². The Labute approximate surface area is 476 Å². The van der Waals surface area contributed by atoms with E-state index in [0.29, 0.717) is 11.5 Å². The van der Waals surface area contributed by atoms with Crippen molar-refractivity contribution in [3.63, 3.8) is 0 Å². The van der Waals surface area contributed by atoms with Crippen LogP contribution in [0, 0.1) is 18.5 Å². The predicted octanol–water partition coefficient (Wildman–Crippen LogP) is 16.6. The standard InChI is InChI=1S/C71H68N4OSi.Pt/c1-69(2,3)51-37-38-72-67(45-51)75-63-32-15-14-29-61(63)62-36-35-56(47-66(62)75)76-55-25-21-24-54(46-55)73-48-74(65-34-17-16-33-64(65)73)68-59(30-22-31-60(68)50-41-52(70(4,5)6)44-53(42-50)71(7,8)9)49-23-20-28-58(43-49)77(39-18-11-19-40-77)57-26-12-10-13-27-57;/h10,12-17,20-38,41-45H,11,18-19,39-40H2,1-9H3;/q-2;. The van der Waals surface area contributed by atoms with E-state index in [9.17, 15) is 0 Å². The van der Waals surface area contributed by atoms with Crippen molar-refractivity contribution >= 4 is 51.3 Å². The minimum absolute atomic E-state index is 0. The number of ether oxygens (including phenoxy) is 1. The average Bonchev–Trinajstić information content (AvgIpc) is 4.21. The van der Waals surface area contributed by atoms with Crippen molar-refractivity contribution in [2.24, 2.45) is 0 Å². The molecule has 0 radical (unpaired) electrons. The molecule has 78 heavy (non-hydrogen) atoms. The molecule has 1 saturated heterocycles. The second-order valence-electron chi connectivity index (χ2n) is 24.4. The summed E-state index contributed by atoms with van der Waals surface area (Å²) in [6.45, 7) is 20.6. The van der Waals surface area contributed by atoms with Crippen molar-refractivity contribution in [1.29, 1.82) is 0 Å².